The van der Waals surface area contributed by atoms with Crippen LogP contribution in [0.3, 0.4) is 0 Å². The lowest BCUT2D eigenvalue weighted by Crippen LogP contribution is -2.26. The van der Waals surface area contributed by atoms with Crippen LogP contribution < -0.4 is 28.9 Å². The second kappa shape index (κ2) is 22.0. The summed E-state index contributed by atoms with van der Waals surface area (Å²) in [5.74, 6) is 2.11. The van der Waals surface area contributed by atoms with E-state index in [4.69, 9.17) is 44.2 Å². The highest BCUT2D eigenvalue weighted by Gasteiger charge is 2.24. The minimum Gasteiger partial charge on any atom is -0.497 e. The summed E-state index contributed by atoms with van der Waals surface area (Å²) in [5, 5.41) is 29.2. The maximum Gasteiger partial charge on any atom is 0.261 e. The molecule has 0 fully saturated rings. The van der Waals surface area contributed by atoms with Crippen LogP contribution >= 0.6 is 0 Å². The molecule has 372 valence electrons. The Morgan fingerprint density at radius 3 is 1.65 bits per heavy atom. The fourth-order valence-electron chi connectivity index (χ4n) is 8.83. The van der Waals surface area contributed by atoms with Crippen LogP contribution in [0.1, 0.15) is 15.9 Å². The third-order valence-electron chi connectivity index (χ3n) is 12.9. The van der Waals surface area contributed by atoms with Gasteiger partial charge in [0.25, 0.3) is 5.91 Å². The van der Waals surface area contributed by atoms with Crippen LogP contribution in [0.15, 0.2) is 215 Å². The zero-order chi connectivity index (χ0) is 51.8. The molecule has 0 radical (unpaired) electrons. The second-order valence-corrected chi connectivity index (χ2v) is 17.4. The average Bonchev–Trinajstić information content (AvgIpc) is 3.93. The van der Waals surface area contributed by atoms with Gasteiger partial charge in [-0.15, -0.1) is 10.2 Å². The molecule has 0 N–H and O–H groups in total. The molecule has 1 heterocycles. The summed E-state index contributed by atoms with van der Waals surface area (Å²) in [6, 6.07) is 60.3. The van der Waals surface area contributed by atoms with Crippen molar-refractivity contribution >= 4 is 61.6 Å². The molecular weight excluding hydrogens is 941 g/mol. The van der Waals surface area contributed by atoms with E-state index >= 15 is 0 Å². The van der Waals surface area contributed by atoms with Crippen molar-refractivity contribution < 1.29 is 28.6 Å². The summed E-state index contributed by atoms with van der Waals surface area (Å²) in [7, 11) is 10.00. The topological polar surface area (TPSA) is 137 Å². The first-order chi connectivity index (χ1) is 36.7. The molecular formula is C61H52N8O6. The molecule has 0 unspecified atom stereocenters. The number of aromatic nitrogens is 2. The Kier molecular flexibility index (Phi) is 14.4. The normalized spacial score (nSPS) is 11.4. The predicted octanol–water partition coefficient (Wildman–Crippen LogP) is 15.2. The number of fused-ring (bicyclic) bond motifs is 2. The van der Waals surface area contributed by atoms with E-state index in [1.54, 1.807) is 38.3 Å². The van der Waals surface area contributed by atoms with Gasteiger partial charge in [-0.1, -0.05) is 91.0 Å². The summed E-state index contributed by atoms with van der Waals surface area (Å²) < 4.78 is 24.4. The lowest BCUT2D eigenvalue weighted by atomic mass is 10.0. The summed E-state index contributed by atoms with van der Waals surface area (Å²) in [6.07, 6.45) is 2.02. The molecule has 0 aliphatic rings. The van der Waals surface area contributed by atoms with Crippen LogP contribution in [0.4, 0.5) is 34.1 Å². The van der Waals surface area contributed by atoms with Crippen LogP contribution in [0.5, 0.6) is 23.0 Å². The average molecular weight is 993 g/mol. The van der Waals surface area contributed by atoms with E-state index in [0.29, 0.717) is 51.2 Å². The molecule has 1 amide bonds. The summed E-state index contributed by atoms with van der Waals surface area (Å²) in [4.78, 5) is 21.9. The number of amides is 1. The molecule has 0 aliphatic carbocycles. The third-order valence-corrected chi connectivity index (χ3v) is 12.9. The highest BCUT2D eigenvalue weighted by Crippen LogP contribution is 2.43. The first-order valence-electron chi connectivity index (χ1n) is 24.0. The van der Waals surface area contributed by atoms with Crippen molar-refractivity contribution in [1.29, 1.82) is 0 Å². The van der Waals surface area contributed by atoms with E-state index < -0.39 is 0 Å². The predicted molar refractivity (Wildman–Crippen MR) is 296 cm³/mol. The van der Waals surface area contributed by atoms with Crippen molar-refractivity contribution in [2.75, 3.05) is 52.5 Å². The molecule has 0 aliphatic heterocycles. The van der Waals surface area contributed by atoms with Gasteiger partial charge in [0.2, 0.25) is 0 Å². The SMILES string of the molecule is COc1ccc(N(C)OCc2cc3ccccc3c(N=Nc3ccc(-n4cc(-c5ccc(N=Nc6c(OC)c(C(=O)N(C)c7ccc(OC)cc7)cc7ccccc67)cc5)c(-c5ccccc5)n4)cc3)c2OC)cc1. The molecule has 0 saturated heterocycles. The van der Waals surface area contributed by atoms with Gasteiger partial charge in [-0.3, -0.25) is 14.7 Å². The number of anilines is 2. The Hall–Kier alpha value is -9.66. The number of nitrogens with zero attached hydrogens (tertiary/aromatic N) is 8. The van der Waals surface area contributed by atoms with Crippen molar-refractivity contribution in [3.8, 4) is 51.1 Å². The Morgan fingerprint density at radius 2 is 1.07 bits per heavy atom. The molecule has 10 rings (SSSR count). The van der Waals surface area contributed by atoms with E-state index in [9.17, 15) is 4.79 Å². The van der Waals surface area contributed by atoms with Gasteiger partial charge in [0.1, 0.15) is 35.2 Å². The van der Waals surface area contributed by atoms with Crippen LogP contribution in [-0.2, 0) is 11.4 Å². The standard InChI is InChI=1S/C61H52N8O6/c1-67(47-28-32-50(71-3)33-29-47)61(70)54-37-43-17-11-13-19-53(43)58(60(54)74-6)65-62-45-22-20-40(21-23-45)55-38-69(66-56(55)41-14-8-7-9-15-41)49-26-24-46(25-27-49)63-64-57-52-18-12-10-16-42(52)36-44(59(57)73-5)39-75-68(2)48-30-34-51(72-4)35-31-48/h7-38H,39H2,1-6H3. The minimum atomic E-state index is -0.259. The minimum absolute atomic E-state index is 0.234. The zero-order valence-corrected chi connectivity index (χ0v) is 42.2. The van der Waals surface area contributed by atoms with Gasteiger partial charge in [0.15, 0.2) is 11.5 Å². The molecule has 0 bridgehead atoms. The number of ether oxygens (including phenoxy) is 4. The number of rotatable bonds is 17. The zero-order valence-electron chi connectivity index (χ0n) is 42.2. The molecule has 0 saturated carbocycles. The van der Waals surface area contributed by atoms with E-state index in [-0.39, 0.29) is 12.5 Å². The van der Waals surface area contributed by atoms with Gasteiger partial charge < -0.3 is 23.8 Å². The first-order valence-corrected chi connectivity index (χ1v) is 24.0. The lowest BCUT2D eigenvalue weighted by molar-refractivity contribution is 0.0990. The van der Waals surface area contributed by atoms with Crippen LogP contribution in [0, 0.1) is 0 Å². The monoisotopic (exact) mass is 992 g/mol. The largest absolute Gasteiger partial charge is 0.497 e. The van der Waals surface area contributed by atoms with Crippen LogP contribution in [0.25, 0.3) is 49.6 Å². The van der Waals surface area contributed by atoms with E-state index in [0.717, 1.165) is 66.6 Å². The molecule has 0 atom stereocenters. The molecule has 0 spiro atoms. The maximum absolute atomic E-state index is 14.1. The van der Waals surface area contributed by atoms with Gasteiger partial charge in [-0.25, -0.2) is 4.68 Å². The number of methoxy groups -OCH3 is 4. The summed E-state index contributed by atoms with van der Waals surface area (Å²) >= 11 is 0. The van der Waals surface area contributed by atoms with Crippen LogP contribution in [0.2, 0.25) is 0 Å². The number of hydrogen-bond donors (Lipinski definition) is 0. The Morgan fingerprint density at radius 1 is 0.533 bits per heavy atom. The van der Waals surface area contributed by atoms with Gasteiger partial charge in [0, 0.05) is 53.4 Å². The number of hydrogen-bond acceptors (Lipinski definition) is 12. The van der Waals surface area contributed by atoms with Gasteiger partial charge in [-0.2, -0.15) is 15.3 Å². The molecule has 9 aromatic carbocycles. The van der Waals surface area contributed by atoms with Crippen molar-refractivity contribution in [2.45, 2.75) is 6.61 Å². The summed E-state index contributed by atoms with van der Waals surface area (Å²) in [6.45, 7) is 0.234. The van der Waals surface area contributed by atoms with Crippen molar-refractivity contribution in [3.63, 3.8) is 0 Å². The van der Waals surface area contributed by atoms with E-state index in [1.807, 2.05) is 200 Å². The molecule has 14 nitrogen and oxygen atoms in total. The van der Waals surface area contributed by atoms with Crippen LogP contribution in [-0.4, -0.2) is 58.2 Å². The first kappa shape index (κ1) is 48.9. The highest BCUT2D eigenvalue weighted by molar-refractivity contribution is 6.13. The highest BCUT2D eigenvalue weighted by atomic mass is 16.7. The van der Waals surface area contributed by atoms with Gasteiger partial charge >= 0.3 is 0 Å². The lowest BCUT2D eigenvalue weighted by Gasteiger charge is -2.20. The van der Waals surface area contributed by atoms with Crippen molar-refractivity contribution in [3.05, 3.63) is 205 Å². The molecule has 14 heteroatoms. The number of carbonyl (C=O) groups is 1. The second-order valence-electron chi connectivity index (χ2n) is 17.4. The smallest absolute Gasteiger partial charge is 0.261 e. The van der Waals surface area contributed by atoms with E-state index in [2.05, 4.69) is 11.2 Å². The number of azo groups is 2. The Labute approximate surface area is 434 Å². The fraction of sp³-hybridized carbons (Fsp3) is 0.115. The van der Waals surface area contributed by atoms with Crippen molar-refractivity contribution in [1.82, 2.24) is 9.78 Å². The van der Waals surface area contributed by atoms with Crippen molar-refractivity contribution in [2.24, 2.45) is 20.5 Å². The van der Waals surface area contributed by atoms with Gasteiger partial charge in [0.05, 0.1) is 56.8 Å². The molecule has 75 heavy (non-hydrogen) atoms. The molecule has 1 aromatic heterocycles. The van der Waals surface area contributed by atoms with Gasteiger partial charge in [-0.05, 0) is 113 Å². The Bertz CT molecular complexity index is 3690. The van der Waals surface area contributed by atoms with E-state index in [1.165, 1.54) is 7.11 Å². The number of hydroxylamine groups is 1. The quantitative estimate of drug-likeness (QED) is 0.0649. The number of carbonyl (C=O) groups excluding carboxylic acids is 1. The fourth-order valence-corrected chi connectivity index (χ4v) is 8.83. The number of benzene rings is 9. The third kappa shape index (κ3) is 10.4. The Balaban J connectivity index is 0.909. The summed E-state index contributed by atoms with van der Waals surface area (Å²) in [5.41, 5.74) is 9.53. The molecule has 10 aromatic rings. The maximum atomic E-state index is 14.1.